The van der Waals surface area contributed by atoms with Crippen molar-refractivity contribution in [1.29, 1.82) is 0 Å². The van der Waals surface area contributed by atoms with Crippen LogP contribution in [0.4, 0.5) is 5.69 Å². The summed E-state index contributed by atoms with van der Waals surface area (Å²) in [5.41, 5.74) is 7.51. The van der Waals surface area contributed by atoms with Crippen LogP contribution in [-0.4, -0.2) is 31.0 Å². The van der Waals surface area contributed by atoms with Gasteiger partial charge in [0.2, 0.25) is 5.91 Å². The van der Waals surface area contributed by atoms with Gasteiger partial charge >= 0.3 is 0 Å². The van der Waals surface area contributed by atoms with Gasteiger partial charge in [0.25, 0.3) is 0 Å². The van der Waals surface area contributed by atoms with Crippen LogP contribution >= 0.6 is 0 Å². The molecule has 0 bridgehead atoms. The van der Waals surface area contributed by atoms with E-state index in [9.17, 15) is 4.79 Å². The smallest absolute Gasteiger partial charge is 0.239 e. The molecule has 1 aromatic heterocycles. The van der Waals surface area contributed by atoms with E-state index in [2.05, 4.69) is 10.3 Å². The molecule has 3 N–H and O–H groups in total. The summed E-state index contributed by atoms with van der Waals surface area (Å²) in [5, 5.41) is 2.75. The number of pyridine rings is 1. The summed E-state index contributed by atoms with van der Waals surface area (Å²) in [7, 11) is 1.85. The fourth-order valence-corrected chi connectivity index (χ4v) is 1.48. The largest absolute Gasteiger partial charge is 0.364 e. The third-order valence-corrected chi connectivity index (χ3v) is 2.27. The fraction of sp³-hybridized carbons (Fsp3) is 0.455. The predicted molar refractivity (Wildman–Crippen MR) is 64.1 cm³/mol. The molecule has 1 heterocycles. The van der Waals surface area contributed by atoms with E-state index in [1.165, 1.54) is 0 Å². The van der Waals surface area contributed by atoms with Gasteiger partial charge in [-0.05, 0) is 18.6 Å². The maximum absolute atomic E-state index is 11.4. The molecule has 1 amide bonds. The fourth-order valence-electron chi connectivity index (χ4n) is 1.48. The highest BCUT2D eigenvalue weighted by Crippen LogP contribution is 2.16. The maximum atomic E-state index is 11.4. The van der Waals surface area contributed by atoms with E-state index in [-0.39, 0.29) is 5.91 Å². The van der Waals surface area contributed by atoms with E-state index in [0.717, 1.165) is 11.3 Å². The second-order valence-electron chi connectivity index (χ2n) is 3.52. The van der Waals surface area contributed by atoms with Crippen LogP contribution < -0.4 is 16.0 Å². The number of amides is 1. The van der Waals surface area contributed by atoms with Crippen LogP contribution in [0.1, 0.15) is 12.5 Å². The standard InChI is InChI=1S/C11H18N4O/c1-3-14-11(16)8-15(2)10-7-13-5-4-9(10)6-12/h4-5,7H,3,6,8,12H2,1-2H3,(H,14,16). The zero-order chi connectivity index (χ0) is 12.0. The molecule has 0 aromatic carbocycles. The molecule has 0 saturated heterocycles. The van der Waals surface area contributed by atoms with E-state index in [1.54, 1.807) is 12.4 Å². The van der Waals surface area contributed by atoms with Crippen molar-refractivity contribution in [3.63, 3.8) is 0 Å². The molecule has 0 saturated carbocycles. The number of anilines is 1. The summed E-state index contributed by atoms with van der Waals surface area (Å²) < 4.78 is 0. The zero-order valence-electron chi connectivity index (χ0n) is 9.73. The molecule has 0 fully saturated rings. The Labute approximate surface area is 95.7 Å². The summed E-state index contributed by atoms with van der Waals surface area (Å²) in [5.74, 6) is -0.00294. The van der Waals surface area contributed by atoms with Gasteiger partial charge in [-0.1, -0.05) is 0 Å². The van der Waals surface area contributed by atoms with Crippen molar-refractivity contribution >= 4 is 11.6 Å². The Kier molecular flexibility index (Phi) is 4.72. The van der Waals surface area contributed by atoms with Crippen molar-refractivity contribution in [2.75, 3.05) is 25.0 Å². The van der Waals surface area contributed by atoms with Crippen LogP contribution in [0.25, 0.3) is 0 Å². The van der Waals surface area contributed by atoms with Gasteiger partial charge < -0.3 is 16.0 Å². The number of carbonyl (C=O) groups excluding carboxylic acids is 1. The Hall–Kier alpha value is -1.62. The van der Waals surface area contributed by atoms with Gasteiger partial charge in [0.1, 0.15) is 0 Å². The third kappa shape index (κ3) is 3.20. The summed E-state index contributed by atoms with van der Waals surface area (Å²) in [4.78, 5) is 17.3. The van der Waals surface area contributed by atoms with E-state index < -0.39 is 0 Å². The Morgan fingerprint density at radius 2 is 2.38 bits per heavy atom. The monoisotopic (exact) mass is 222 g/mol. The first kappa shape index (κ1) is 12.4. The van der Waals surface area contributed by atoms with Crippen LogP contribution in [0, 0.1) is 0 Å². The summed E-state index contributed by atoms with van der Waals surface area (Å²) in [6, 6.07) is 1.86. The number of nitrogens with two attached hydrogens (primary N) is 1. The molecular formula is C11H18N4O. The van der Waals surface area contributed by atoms with Crippen molar-refractivity contribution in [3.8, 4) is 0 Å². The van der Waals surface area contributed by atoms with Crippen molar-refractivity contribution in [2.45, 2.75) is 13.5 Å². The molecule has 1 rings (SSSR count). The molecule has 5 heteroatoms. The average molecular weight is 222 g/mol. The van der Waals surface area contributed by atoms with Gasteiger partial charge in [-0.3, -0.25) is 9.78 Å². The van der Waals surface area contributed by atoms with Crippen molar-refractivity contribution in [2.24, 2.45) is 5.73 Å². The quantitative estimate of drug-likeness (QED) is 0.742. The predicted octanol–water partition coefficient (Wildman–Crippen LogP) is 0.113. The average Bonchev–Trinajstić information content (AvgIpc) is 2.29. The lowest BCUT2D eigenvalue weighted by atomic mass is 10.2. The Morgan fingerprint density at radius 3 is 3.00 bits per heavy atom. The molecule has 0 aliphatic rings. The number of nitrogens with one attached hydrogen (secondary N) is 1. The number of nitrogens with zero attached hydrogens (tertiary/aromatic N) is 2. The second-order valence-corrected chi connectivity index (χ2v) is 3.52. The molecule has 0 spiro atoms. The lowest BCUT2D eigenvalue weighted by molar-refractivity contribution is -0.119. The number of hydrogen-bond donors (Lipinski definition) is 2. The second kappa shape index (κ2) is 6.07. The Bertz CT molecular complexity index is 354. The van der Waals surface area contributed by atoms with Crippen LogP contribution in [-0.2, 0) is 11.3 Å². The van der Waals surface area contributed by atoms with Gasteiger partial charge in [-0.25, -0.2) is 0 Å². The van der Waals surface area contributed by atoms with Gasteiger partial charge in [0, 0.05) is 26.3 Å². The molecule has 1 aromatic rings. The topological polar surface area (TPSA) is 71.2 Å². The van der Waals surface area contributed by atoms with Gasteiger partial charge in [-0.2, -0.15) is 0 Å². The highest BCUT2D eigenvalue weighted by Gasteiger charge is 2.09. The summed E-state index contributed by atoms with van der Waals surface area (Å²) >= 11 is 0. The number of hydrogen-bond acceptors (Lipinski definition) is 4. The van der Waals surface area contributed by atoms with E-state index in [4.69, 9.17) is 5.73 Å². The van der Waals surface area contributed by atoms with E-state index in [1.807, 2.05) is 24.9 Å². The van der Waals surface area contributed by atoms with Crippen LogP contribution in [0.15, 0.2) is 18.5 Å². The number of aromatic nitrogens is 1. The molecule has 16 heavy (non-hydrogen) atoms. The lowest BCUT2D eigenvalue weighted by Gasteiger charge is -2.20. The highest BCUT2D eigenvalue weighted by atomic mass is 16.2. The van der Waals surface area contributed by atoms with Crippen LogP contribution in [0.5, 0.6) is 0 Å². The summed E-state index contributed by atoms with van der Waals surface area (Å²) in [6.07, 6.45) is 3.42. The third-order valence-electron chi connectivity index (χ3n) is 2.27. The maximum Gasteiger partial charge on any atom is 0.239 e. The SMILES string of the molecule is CCNC(=O)CN(C)c1cnccc1CN. The molecule has 0 unspecified atom stereocenters. The molecule has 5 nitrogen and oxygen atoms in total. The molecule has 0 atom stereocenters. The minimum atomic E-state index is -0.00294. The number of carbonyl (C=O) groups is 1. The summed E-state index contributed by atoms with van der Waals surface area (Å²) in [6.45, 7) is 3.29. The van der Waals surface area contributed by atoms with Crippen molar-refractivity contribution < 1.29 is 4.79 Å². The van der Waals surface area contributed by atoms with Crippen molar-refractivity contribution in [3.05, 3.63) is 24.0 Å². The number of likely N-dealkylation sites (N-methyl/N-ethyl adjacent to an activating group) is 2. The minimum absolute atomic E-state index is 0.00294. The zero-order valence-corrected chi connectivity index (χ0v) is 9.73. The van der Waals surface area contributed by atoms with E-state index in [0.29, 0.717) is 19.6 Å². The minimum Gasteiger partial charge on any atom is -0.364 e. The molecule has 0 aliphatic heterocycles. The van der Waals surface area contributed by atoms with E-state index >= 15 is 0 Å². The van der Waals surface area contributed by atoms with Gasteiger partial charge in [-0.15, -0.1) is 0 Å². The highest BCUT2D eigenvalue weighted by molar-refractivity contribution is 5.81. The number of rotatable bonds is 5. The van der Waals surface area contributed by atoms with Crippen LogP contribution in [0.3, 0.4) is 0 Å². The molecule has 88 valence electrons. The van der Waals surface area contributed by atoms with Gasteiger partial charge in [0.15, 0.2) is 0 Å². The first-order chi connectivity index (χ1) is 7.69. The lowest BCUT2D eigenvalue weighted by Crippen LogP contribution is -2.35. The van der Waals surface area contributed by atoms with Crippen molar-refractivity contribution in [1.82, 2.24) is 10.3 Å². The molecule has 0 aliphatic carbocycles. The molecule has 0 radical (unpaired) electrons. The Morgan fingerprint density at radius 1 is 1.62 bits per heavy atom. The molecular weight excluding hydrogens is 204 g/mol. The normalized spacial score (nSPS) is 9.94. The Balaban J connectivity index is 2.72. The first-order valence-corrected chi connectivity index (χ1v) is 5.29. The van der Waals surface area contributed by atoms with Gasteiger partial charge in [0.05, 0.1) is 18.4 Å². The first-order valence-electron chi connectivity index (χ1n) is 5.29. The van der Waals surface area contributed by atoms with Crippen LogP contribution in [0.2, 0.25) is 0 Å².